The maximum atomic E-state index is 12.0. The molecular formula is C13H18N2O4S. The number of nitrogens with zero attached hydrogens (tertiary/aromatic N) is 1. The number of aromatic nitrogens is 1. The Bertz CT molecular complexity index is 488. The number of rotatable bonds is 5. The Balaban J connectivity index is 1.89. The molecule has 0 radical (unpaired) electrons. The Morgan fingerprint density at radius 3 is 3.05 bits per heavy atom. The van der Waals surface area contributed by atoms with Crippen LogP contribution in [0.15, 0.2) is 5.38 Å². The van der Waals surface area contributed by atoms with Gasteiger partial charge in [0, 0.05) is 12.0 Å². The maximum Gasteiger partial charge on any atom is 0.311 e. The van der Waals surface area contributed by atoms with E-state index in [1.54, 1.807) is 12.3 Å². The van der Waals surface area contributed by atoms with Gasteiger partial charge >= 0.3 is 5.97 Å². The normalized spacial score (nSPS) is 21.7. The molecule has 2 atom stereocenters. The van der Waals surface area contributed by atoms with Crippen LogP contribution in [-0.2, 0) is 25.5 Å². The maximum absolute atomic E-state index is 12.0. The molecule has 1 saturated heterocycles. The van der Waals surface area contributed by atoms with E-state index in [9.17, 15) is 9.59 Å². The van der Waals surface area contributed by atoms with Gasteiger partial charge in [-0.25, -0.2) is 4.98 Å². The average Bonchev–Trinajstić information content (AvgIpc) is 2.99. The highest BCUT2D eigenvalue weighted by Crippen LogP contribution is 2.23. The highest BCUT2D eigenvalue weighted by atomic mass is 32.1. The summed E-state index contributed by atoms with van der Waals surface area (Å²) in [5, 5.41) is 5.04. The summed E-state index contributed by atoms with van der Waals surface area (Å²) in [5.74, 6) is -0.520. The highest BCUT2D eigenvalue weighted by Gasteiger charge is 2.31. The summed E-state index contributed by atoms with van der Waals surface area (Å²) in [6, 6.07) is 0. The molecule has 0 aliphatic carbocycles. The van der Waals surface area contributed by atoms with Gasteiger partial charge in [-0.1, -0.05) is 0 Å². The lowest BCUT2D eigenvalue weighted by Gasteiger charge is -2.12. The summed E-state index contributed by atoms with van der Waals surface area (Å²) in [4.78, 5) is 27.6. The van der Waals surface area contributed by atoms with E-state index in [2.05, 4.69) is 10.3 Å². The number of thiazole rings is 1. The zero-order chi connectivity index (χ0) is 14.5. The monoisotopic (exact) mass is 298 g/mol. The number of ether oxygens (including phenoxy) is 2. The second-order valence-electron chi connectivity index (χ2n) is 4.59. The van der Waals surface area contributed by atoms with Gasteiger partial charge in [0.15, 0.2) is 5.13 Å². The molecule has 1 aliphatic rings. The SMILES string of the molecule is CCOC(=O)Cc1csc(NC(=O)C2CCOC2C)n1. The molecule has 7 heteroatoms. The first-order valence-corrected chi connectivity index (χ1v) is 7.50. The van der Waals surface area contributed by atoms with Crippen molar-refractivity contribution in [3.8, 4) is 0 Å². The lowest BCUT2D eigenvalue weighted by molar-refractivity contribution is -0.142. The smallest absolute Gasteiger partial charge is 0.311 e. The number of carbonyl (C=O) groups is 2. The number of hydrogen-bond acceptors (Lipinski definition) is 6. The van der Waals surface area contributed by atoms with Crippen LogP contribution in [0.1, 0.15) is 26.0 Å². The lowest BCUT2D eigenvalue weighted by Crippen LogP contribution is -2.27. The van der Waals surface area contributed by atoms with Crippen molar-refractivity contribution in [2.75, 3.05) is 18.5 Å². The molecule has 2 heterocycles. The molecule has 1 aliphatic heterocycles. The molecule has 0 spiro atoms. The molecule has 0 aromatic carbocycles. The Morgan fingerprint density at radius 1 is 1.60 bits per heavy atom. The van der Waals surface area contributed by atoms with Crippen LogP contribution < -0.4 is 5.32 Å². The van der Waals surface area contributed by atoms with Crippen LogP contribution in [0.3, 0.4) is 0 Å². The predicted octanol–water partition coefficient (Wildman–Crippen LogP) is 1.61. The third-order valence-corrected chi connectivity index (χ3v) is 3.93. The van der Waals surface area contributed by atoms with Crippen LogP contribution >= 0.6 is 11.3 Å². The van der Waals surface area contributed by atoms with Gasteiger partial charge < -0.3 is 14.8 Å². The third kappa shape index (κ3) is 3.77. The zero-order valence-corrected chi connectivity index (χ0v) is 12.4. The average molecular weight is 298 g/mol. The number of nitrogens with one attached hydrogen (secondary N) is 1. The molecule has 2 unspecified atom stereocenters. The van der Waals surface area contributed by atoms with Gasteiger partial charge in [-0.2, -0.15) is 0 Å². The lowest BCUT2D eigenvalue weighted by atomic mass is 10.0. The Hall–Kier alpha value is -1.47. The van der Waals surface area contributed by atoms with E-state index in [1.807, 2.05) is 6.92 Å². The van der Waals surface area contributed by atoms with E-state index in [1.165, 1.54) is 11.3 Å². The molecule has 110 valence electrons. The molecule has 2 rings (SSSR count). The van der Waals surface area contributed by atoms with Crippen LogP contribution in [0.4, 0.5) is 5.13 Å². The van der Waals surface area contributed by atoms with Crippen molar-refractivity contribution < 1.29 is 19.1 Å². The molecule has 1 amide bonds. The third-order valence-electron chi connectivity index (χ3n) is 3.13. The minimum Gasteiger partial charge on any atom is -0.466 e. The van der Waals surface area contributed by atoms with E-state index in [0.717, 1.165) is 6.42 Å². The van der Waals surface area contributed by atoms with E-state index in [-0.39, 0.29) is 30.3 Å². The number of carbonyl (C=O) groups excluding carboxylic acids is 2. The molecule has 1 fully saturated rings. The Morgan fingerprint density at radius 2 is 2.40 bits per heavy atom. The first kappa shape index (κ1) is 14.9. The van der Waals surface area contributed by atoms with Crippen molar-refractivity contribution in [2.24, 2.45) is 5.92 Å². The van der Waals surface area contributed by atoms with Crippen molar-refractivity contribution in [3.63, 3.8) is 0 Å². The topological polar surface area (TPSA) is 77.5 Å². The molecule has 0 bridgehead atoms. The predicted molar refractivity (Wildman–Crippen MR) is 74.6 cm³/mol. The number of hydrogen-bond donors (Lipinski definition) is 1. The van der Waals surface area contributed by atoms with Gasteiger partial charge in [-0.15, -0.1) is 11.3 Å². The summed E-state index contributed by atoms with van der Waals surface area (Å²) in [6.45, 7) is 4.62. The van der Waals surface area contributed by atoms with Crippen LogP contribution in [-0.4, -0.2) is 36.2 Å². The largest absolute Gasteiger partial charge is 0.466 e. The number of esters is 1. The molecular weight excluding hydrogens is 280 g/mol. The van der Waals surface area contributed by atoms with Crippen LogP contribution in [0.2, 0.25) is 0 Å². The van der Waals surface area contributed by atoms with Crippen LogP contribution in [0, 0.1) is 5.92 Å². The van der Waals surface area contributed by atoms with Gasteiger partial charge in [0.25, 0.3) is 0 Å². The van der Waals surface area contributed by atoms with Gasteiger partial charge in [-0.05, 0) is 20.3 Å². The molecule has 0 saturated carbocycles. The fraction of sp³-hybridized carbons (Fsp3) is 0.615. The van der Waals surface area contributed by atoms with Crippen molar-refractivity contribution in [2.45, 2.75) is 32.8 Å². The highest BCUT2D eigenvalue weighted by molar-refractivity contribution is 7.13. The standard InChI is InChI=1S/C13H18N2O4S/c1-3-18-11(16)6-9-7-20-13(14-9)15-12(17)10-4-5-19-8(10)2/h7-8,10H,3-6H2,1-2H3,(H,14,15,17). The molecule has 6 nitrogen and oxygen atoms in total. The molecule has 1 aromatic rings. The van der Waals surface area contributed by atoms with Gasteiger partial charge in [-0.3, -0.25) is 9.59 Å². The fourth-order valence-electron chi connectivity index (χ4n) is 2.08. The summed E-state index contributed by atoms with van der Waals surface area (Å²) in [6.07, 6.45) is 0.797. The van der Waals surface area contributed by atoms with E-state index in [4.69, 9.17) is 9.47 Å². The Kier molecular flexibility index (Phi) is 5.08. The fourth-order valence-corrected chi connectivity index (χ4v) is 2.79. The summed E-state index contributed by atoms with van der Waals surface area (Å²) < 4.78 is 10.2. The van der Waals surface area contributed by atoms with Crippen molar-refractivity contribution >= 4 is 28.3 Å². The van der Waals surface area contributed by atoms with Crippen LogP contribution in [0.25, 0.3) is 0 Å². The first-order chi connectivity index (χ1) is 9.60. The van der Waals surface area contributed by atoms with Gasteiger partial charge in [0.05, 0.1) is 30.7 Å². The van der Waals surface area contributed by atoms with Crippen molar-refractivity contribution in [1.29, 1.82) is 0 Å². The van der Waals surface area contributed by atoms with E-state index < -0.39 is 0 Å². The van der Waals surface area contributed by atoms with Crippen molar-refractivity contribution in [3.05, 3.63) is 11.1 Å². The summed E-state index contributed by atoms with van der Waals surface area (Å²) in [5.41, 5.74) is 0.611. The second-order valence-corrected chi connectivity index (χ2v) is 5.44. The summed E-state index contributed by atoms with van der Waals surface area (Å²) in [7, 11) is 0. The van der Waals surface area contributed by atoms with Gasteiger partial charge in [0.1, 0.15) is 0 Å². The second kappa shape index (κ2) is 6.81. The van der Waals surface area contributed by atoms with Crippen molar-refractivity contribution in [1.82, 2.24) is 4.98 Å². The van der Waals surface area contributed by atoms with E-state index in [0.29, 0.717) is 24.0 Å². The summed E-state index contributed by atoms with van der Waals surface area (Å²) >= 11 is 1.31. The number of anilines is 1. The Labute approximate surface area is 121 Å². The molecule has 1 aromatic heterocycles. The minimum absolute atomic E-state index is 0.0611. The number of amides is 1. The minimum atomic E-state index is -0.312. The van der Waals surface area contributed by atoms with Crippen LogP contribution in [0.5, 0.6) is 0 Å². The first-order valence-electron chi connectivity index (χ1n) is 6.62. The zero-order valence-electron chi connectivity index (χ0n) is 11.5. The van der Waals surface area contributed by atoms with E-state index >= 15 is 0 Å². The molecule has 1 N–H and O–H groups in total. The quantitative estimate of drug-likeness (QED) is 0.836. The molecule has 20 heavy (non-hydrogen) atoms. The van der Waals surface area contributed by atoms with Gasteiger partial charge in [0.2, 0.25) is 5.91 Å².